The summed E-state index contributed by atoms with van der Waals surface area (Å²) < 4.78 is 5.39. The van der Waals surface area contributed by atoms with E-state index in [0.29, 0.717) is 13.0 Å². The third kappa shape index (κ3) is 3.88. The highest BCUT2D eigenvalue weighted by atomic mass is 16.3. The van der Waals surface area contributed by atoms with Crippen molar-refractivity contribution in [2.24, 2.45) is 0 Å². The molecule has 0 saturated heterocycles. The van der Waals surface area contributed by atoms with Crippen LogP contribution in [0.1, 0.15) is 24.9 Å². The predicted molar refractivity (Wildman–Crippen MR) is 60.1 cm³/mol. The van der Waals surface area contributed by atoms with E-state index in [1.807, 2.05) is 19.1 Å². The molecule has 1 rings (SSSR count). The molecule has 0 saturated carbocycles. The Morgan fingerprint density at radius 3 is 2.56 bits per heavy atom. The topological polar surface area (TPSA) is 50.5 Å². The van der Waals surface area contributed by atoms with E-state index >= 15 is 0 Å². The monoisotopic (exact) mass is 223 g/mol. The van der Waals surface area contributed by atoms with Gasteiger partial charge >= 0.3 is 0 Å². The smallest absolute Gasteiger partial charge is 0.229 e. The van der Waals surface area contributed by atoms with Crippen LogP contribution in [0.3, 0.4) is 0 Å². The summed E-state index contributed by atoms with van der Waals surface area (Å²) in [5, 5.41) is 0. The Balaban J connectivity index is 2.37. The van der Waals surface area contributed by atoms with Crippen LogP contribution in [0.4, 0.5) is 0 Å². The van der Waals surface area contributed by atoms with Gasteiger partial charge < -0.3 is 9.32 Å². The summed E-state index contributed by atoms with van der Waals surface area (Å²) >= 11 is 0. The quantitative estimate of drug-likeness (QED) is 0.712. The highest BCUT2D eigenvalue weighted by Crippen LogP contribution is 2.07. The van der Waals surface area contributed by atoms with Gasteiger partial charge in [0.1, 0.15) is 17.3 Å². The molecule has 0 spiro atoms. The maximum atomic E-state index is 11.5. The molecule has 88 valence electrons. The Morgan fingerprint density at radius 2 is 2.06 bits per heavy atom. The van der Waals surface area contributed by atoms with E-state index in [1.54, 1.807) is 11.9 Å². The van der Waals surface area contributed by atoms with Crippen molar-refractivity contribution < 1.29 is 14.0 Å². The van der Waals surface area contributed by atoms with Crippen LogP contribution >= 0.6 is 0 Å². The van der Waals surface area contributed by atoms with Crippen molar-refractivity contribution in [2.45, 2.75) is 26.7 Å². The standard InChI is InChI=1S/C12H17NO3/c1-9(14)8-12(15)13(3)7-6-11-5-4-10(2)16-11/h4-5H,6-8H2,1-3H3. The molecule has 0 radical (unpaired) electrons. The Labute approximate surface area is 95.2 Å². The molecule has 0 N–H and O–H groups in total. The van der Waals surface area contributed by atoms with E-state index in [-0.39, 0.29) is 18.1 Å². The van der Waals surface area contributed by atoms with Crippen molar-refractivity contribution in [3.8, 4) is 0 Å². The van der Waals surface area contributed by atoms with Crippen LogP contribution in [-0.4, -0.2) is 30.2 Å². The molecule has 16 heavy (non-hydrogen) atoms. The predicted octanol–water partition coefficient (Wildman–Crippen LogP) is 1.57. The summed E-state index contributed by atoms with van der Waals surface area (Å²) in [5.41, 5.74) is 0. The summed E-state index contributed by atoms with van der Waals surface area (Å²) in [6.45, 7) is 3.87. The molecule has 0 aliphatic heterocycles. The Bertz CT molecular complexity index is 381. The third-order valence-corrected chi connectivity index (χ3v) is 2.32. The van der Waals surface area contributed by atoms with E-state index in [9.17, 15) is 9.59 Å². The second-order valence-electron chi connectivity index (χ2n) is 3.96. The first-order valence-electron chi connectivity index (χ1n) is 5.27. The second kappa shape index (κ2) is 5.49. The molecule has 0 atom stereocenters. The van der Waals surface area contributed by atoms with Gasteiger partial charge in [0.2, 0.25) is 5.91 Å². The lowest BCUT2D eigenvalue weighted by Gasteiger charge is -2.15. The first kappa shape index (κ1) is 12.5. The molecular weight excluding hydrogens is 206 g/mol. The van der Waals surface area contributed by atoms with Crippen LogP contribution in [0.15, 0.2) is 16.5 Å². The van der Waals surface area contributed by atoms with Crippen molar-refractivity contribution in [1.82, 2.24) is 4.90 Å². The van der Waals surface area contributed by atoms with Gasteiger partial charge in [-0.25, -0.2) is 0 Å². The van der Waals surface area contributed by atoms with Gasteiger partial charge in [-0.05, 0) is 26.0 Å². The van der Waals surface area contributed by atoms with Gasteiger partial charge in [-0.3, -0.25) is 9.59 Å². The average Bonchev–Trinajstić information content (AvgIpc) is 2.59. The van der Waals surface area contributed by atoms with E-state index in [0.717, 1.165) is 11.5 Å². The van der Waals surface area contributed by atoms with Crippen LogP contribution < -0.4 is 0 Å². The van der Waals surface area contributed by atoms with Crippen molar-refractivity contribution in [3.63, 3.8) is 0 Å². The first-order chi connectivity index (χ1) is 7.49. The van der Waals surface area contributed by atoms with E-state index in [2.05, 4.69) is 0 Å². The van der Waals surface area contributed by atoms with Crippen LogP contribution in [-0.2, 0) is 16.0 Å². The molecule has 0 aromatic carbocycles. The minimum atomic E-state index is -0.143. The van der Waals surface area contributed by atoms with Gasteiger partial charge in [-0.1, -0.05) is 0 Å². The number of hydrogen-bond donors (Lipinski definition) is 0. The highest BCUT2D eigenvalue weighted by Gasteiger charge is 2.11. The fourth-order valence-corrected chi connectivity index (χ4v) is 1.37. The number of ketones is 1. The fourth-order valence-electron chi connectivity index (χ4n) is 1.37. The minimum Gasteiger partial charge on any atom is -0.466 e. The Kier molecular flexibility index (Phi) is 4.28. The minimum absolute atomic E-state index is 0.0202. The van der Waals surface area contributed by atoms with E-state index in [1.165, 1.54) is 6.92 Å². The van der Waals surface area contributed by atoms with Crippen LogP contribution in [0, 0.1) is 6.92 Å². The molecule has 1 aromatic heterocycles. The summed E-state index contributed by atoms with van der Waals surface area (Å²) in [6, 6.07) is 3.80. The SMILES string of the molecule is CC(=O)CC(=O)N(C)CCc1ccc(C)o1. The second-order valence-corrected chi connectivity index (χ2v) is 3.96. The number of nitrogens with zero attached hydrogens (tertiary/aromatic N) is 1. The number of carbonyl (C=O) groups excluding carboxylic acids is 2. The normalized spacial score (nSPS) is 10.2. The Morgan fingerprint density at radius 1 is 1.38 bits per heavy atom. The maximum Gasteiger partial charge on any atom is 0.229 e. The van der Waals surface area contributed by atoms with Gasteiger partial charge in [0.25, 0.3) is 0 Å². The molecule has 0 aliphatic rings. The number of furan rings is 1. The number of carbonyl (C=O) groups is 2. The summed E-state index contributed by atoms with van der Waals surface area (Å²) in [6.07, 6.45) is 0.654. The van der Waals surface area contributed by atoms with Crippen molar-refractivity contribution in [2.75, 3.05) is 13.6 Å². The zero-order valence-electron chi connectivity index (χ0n) is 9.95. The Hall–Kier alpha value is -1.58. The molecule has 4 nitrogen and oxygen atoms in total. The number of hydrogen-bond acceptors (Lipinski definition) is 3. The van der Waals surface area contributed by atoms with Crippen molar-refractivity contribution >= 4 is 11.7 Å². The van der Waals surface area contributed by atoms with Crippen LogP contribution in [0.25, 0.3) is 0 Å². The van der Waals surface area contributed by atoms with E-state index < -0.39 is 0 Å². The lowest BCUT2D eigenvalue weighted by atomic mass is 10.2. The van der Waals surface area contributed by atoms with Gasteiger partial charge in [0, 0.05) is 20.0 Å². The zero-order valence-corrected chi connectivity index (χ0v) is 9.95. The first-order valence-corrected chi connectivity index (χ1v) is 5.27. The molecule has 1 aromatic rings. The van der Waals surface area contributed by atoms with Gasteiger partial charge in [-0.15, -0.1) is 0 Å². The average molecular weight is 223 g/mol. The maximum absolute atomic E-state index is 11.5. The largest absolute Gasteiger partial charge is 0.466 e. The molecule has 0 bridgehead atoms. The van der Waals surface area contributed by atoms with Crippen molar-refractivity contribution in [1.29, 1.82) is 0 Å². The third-order valence-electron chi connectivity index (χ3n) is 2.32. The van der Waals surface area contributed by atoms with Gasteiger partial charge in [0.05, 0.1) is 6.42 Å². The van der Waals surface area contributed by atoms with E-state index in [4.69, 9.17) is 4.42 Å². The summed E-state index contributed by atoms with van der Waals surface area (Å²) in [7, 11) is 1.70. The zero-order chi connectivity index (χ0) is 12.1. The molecule has 1 amide bonds. The molecule has 4 heteroatoms. The summed E-state index contributed by atoms with van der Waals surface area (Å²) in [4.78, 5) is 23.8. The molecule has 0 aliphatic carbocycles. The van der Waals surface area contributed by atoms with Gasteiger partial charge in [0.15, 0.2) is 0 Å². The number of Topliss-reactive ketones (excluding diaryl/α,β-unsaturated/α-hetero) is 1. The molecule has 0 fully saturated rings. The van der Waals surface area contributed by atoms with Gasteiger partial charge in [-0.2, -0.15) is 0 Å². The fraction of sp³-hybridized carbons (Fsp3) is 0.500. The highest BCUT2D eigenvalue weighted by molar-refractivity contribution is 5.96. The number of rotatable bonds is 5. The number of likely N-dealkylation sites (N-methyl/N-ethyl adjacent to an activating group) is 1. The molecule has 1 heterocycles. The molecule has 0 unspecified atom stereocenters. The van der Waals surface area contributed by atoms with Crippen molar-refractivity contribution in [3.05, 3.63) is 23.7 Å². The summed E-state index contributed by atoms with van der Waals surface area (Å²) in [5.74, 6) is 1.48. The van der Waals surface area contributed by atoms with Crippen LogP contribution in [0.5, 0.6) is 0 Å². The number of aryl methyl sites for hydroxylation is 1. The van der Waals surface area contributed by atoms with Crippen LogP contribution in [0.2, 0.25) is 0 Å². The molecular formula is C12H17NO3. The number of amides is 1. The lowest BCUT2D eigenvalue weighted by Crippen LogP contribution is -2.29. The lowest BCUT2D eigenvalue weighted by molar-refractivity contribution is -0.133.